The van der Waals surface area contributed by atoms with Crippen LogP contribution >= 0.6 is 0 Å². The molecule has 0 aliphatic heterocycles. The van der Waals surface area contributed by atoms with Crippen molar-refractivity contribution in [3.05, 3.63) is 54.9 Å². The van der Waals surface area contributed by atoms with E-state index in [2.05, 4.69) is 30.5 Å². The number of fused-ring (bicyclic) bond motifs is 1. The average molecular weight is 320 g/mol. The summed E-state index contributed by atoms with van der Waals surface area (Å²) in [6.07, 6.45) is 9.64. The van der Waals surface area contributed by atoms with Crippen molar-refractivity contribution in [2.45, 2.75) is 0 Å². The number of anilines is 1. The number of carbonyl (C=O) groups excluding carboxylic acids is 1. The molecule has 0 aliphatic rings. The Hall–Kier alpha value is -3.62. The maximum Gasteiger partial charge on any atom is 0.256 e. The SMILES string of the molecule is Cn1ncc2c(C(=O)Nc3cnn(-c4ncccn4)c3)ccnc21. The summed E-state index contributed by atoms with van der Waals surface area (Å²) in [5.41, 5.74) is 1.69. The number of hydrogen-bond acceptors (Lipinski definition) is 6. The minimum atomic E-state index is -0.260. The van der Waals surface area contributed by atoms with E-state index in [0.717, 1.165) is 0 Å². The molecule has 0 unspecified atom stereocenters. The number of rotatable bonds is 3. The van der Waals surface area contributed by atoms with Crippen LogP contribution < -0.4 is 5.32 Å². The average Bonchev–Trinajstić information content (AvgIpc) is 3.23. The molecule has 9 heteroatoms. The Labute approximate surface area is 136 Å². The molecule has 4 heterocycles. The van der Waals surface area contributed by atoms with Crippen LogP contribution in [0.5, 0.6) is 0 Å². The van der Waals surface area contributed by atoms with E-state index in [0.29, 0.717) is 28.2 Å². The first-order valence-electron chi connectivity index (χ1n) is 7.12. The molecule has 4 aromatic rings. The summed E-state index contributed by atoms with van der Waals surface area (Å²) in [5, 5.41) is 11.8. The topological polar surface area (TPSA) is 103 Å². The predicted octanol–water partition coefficient (Wildman–Crippen LogP) is 1.20. The summed E-state index contributed by atoms with van der Waals surface area (Å²) >= 11 is 0. The highest BCUT2D eigenvalue weighted by molar-refractivity contribution is 6.11. The monoisotopic (exact) mass is 320 g/mol. The van der Waals surface area contributed by atoms with Gasteiger partial charge in [-0.15, -0.1) is 0 Å². The number of carbonyl (C=O) groups is 1. The van der Waals surface area contributed by atoms with Crippen LogP contribution in [0, 0.1) is 0 Å². The number of pyridine rings is 1. The summed E-state index contributed by atoms with van der Waals surface area (Å²) in [5.74, 6) is 0.167. The summed E-state index contributed by atoms with van der Waals surface area (Å²) in [7, 11) is 1.78. The predicted molar refractivity (Wildman–Crippen MR) is 85.6 cm³/mol. The number of amides is 1. The summed E-state index contributed by atoms with van der Waals surface area (Å²) in [4.78, 5) is 25.0. The Balaban J connectivity index is 1.61. The third kappa shape index (κ3) is 2.37. The molecule has 4 aromatic heterocycles. The molecule has 9 nitrogen and oxygen atoms in total. The van der Waals surface area contributed by atoms with Crippen molar-refractivity contribution in [1.82, 2.24) is 34.5 Å². The van der Waals surface area contributed by atoms with Gasteiger partial charge in [0.1, 0.15) is 0 Å². The van der Waals surface area contributed by atoms with Gasteiger partial charge in [-0.05, 0) is 12.1 Å². The first-order valence-corrected chi connectivity index (χ1v) is 7.12. The van der Waals surface area contributed by atoms with Crippen molar-refractivity contribution in [3.63, 3.8) is 0 Å². The van der Waals surface area contributed by atoms with Crippen molar-refractivity contribution in [1.29, 1.82) is 0 Å². The Morgan fingerprint density at radius 3 is 2.75 bits per heavy atom. The molecule has 0 spiro atoms. The smallest absolute Gasteiger partial charge is 0.256 e. The van der Waals surface area contributed by atoms with Crippen LogP contribution in [-0.2, 0) is 7.05 Å². The van der Waals surface area contributed by atoms with Crippen LogP contribution in [0.1, 0.15) is 10.4 Å². The van der Waals surface area contributed by atoms with Gasteiger partial charge in [-0.2, -0.15) is 10.2 Å². The lowest BCUT2D eigenvalue weighted by molar-refractivity contribution is 0.102. The van der Waals surface area contributed by atoms with E-state index in [1.54, 1.807) is 54.8 Å². The van der Waals surface area contributed by atoms with Gasteiger partial charge in [0.05, 0.1) is 35.2 Å². The molecular weight excluding hydrogens is 308 g/mol. The van der Waals surface area contributed by atoms with E-state index in [4.69, 9.17) is 0 Å². The van der Waals surface area contributed by atoms with Gasteiger partial charge in [0.15, 0.2) is 5.65 Å². The summed E-state index contributed by atoms with van der Waals surface area (Å²) in [6, 6.07) is 3.38. The van der Waals surface area contributed by atoms with Crippen LogP contribution in [0.4, 0.5) is 5.69 Å². The fraction of sp³-hybridized carbons (Fsp3) is 0.0667. The molecule has 24 heavy (non-hydrogen) atoms. The second kappa shape index (κ2) is 5.54. The Morgan fingerprint density at radius 1 is 1.08 bits per heavy atom. The van der Waals surface area contributed by atoms with Gasteiger partial charge in [0.25, 0.3) is 5.91 Å². The standard InChI is InChI=1S/C15H12N8O/c1-22-13-12(8-19-22)11(3-6-16-13)14(24)21-10-7-20-23(9-10)15-17-4-2-5-18-15/h2-9H,1H3,(H,21,24). The highest BCUT2D eigenvalue weighted by Crippen LogP contribution is 2.17. The normalized spacial score (nSPS) is 10.9. The first kappa shape index (κ1) is 14.0. The van der Waals surface area contributed by atoms with Gasteiger partial charge < -0.3 is 5.32 Å². The quantitative estimate of drug-likeness (QED) is 0.608. The molecule has 0 radical (unpaired) electrons. The minimum Gasteiger partial charge on any atom is -0.319 e. The van der Waals surface area contributed by atoms with Crippen molar-refractivity contribution in [2.75, 3.05) is 5.32 Å². The molecule has 1 amide bonds. The lowest BCUT2D eigenvalue weighted by Crippen LogP contribution is -2.12. The van der Waals surface area contributed by atoms with E-state index < -0.39 is 0 Å². The number of aromatic nitrogens is 7. The number of aryl methyl sites for hydroxylation is 1. The van der Waals surface area contributed by atoms with Gasteiger partial charge in [0, 0.05) is 25.6 Å². The molecule has 0 aromatic carbocycles. The molecule has 118 valence electrons. The molecule has 0 fully saturated rings. The van der Waals surface area contributed by atoms with E-state index in [9.17, 15) is 4.79 Å². The molecule has 4 rings (SSSR count). The van der Waals surface area contributed by atoms with Crippen LogP contribution in [0.25, 0.3) is 17.0 Å². The Bertz CT molecular complexity index is 1020. The minimum absolute atomic E-state index is 0.260. The zero-order valence-electron chi connectivity index (χ0n) is 12.7. The number of nitrogens with one attached hydrogen (secondary N) is 1. The lowest BCUT2D eigenvalue weighted by atomic mass is 10.2. The third-order valence-electron chi connectivity index (χ3n) is 3.48. The third-order valence-corrected chi connectivity index (χ3v) is 3.48. The molecule has 0 aliphatic carbocycles. The van der Waals surface area contributed by atoms with Crippen LogP contribution in [0.15, 0.2) is 49.3 Å². The number of hydrogen-bond donors (Lipinski definition) is 1. The van der Waals surface area contributed by atoms with E-state index in [1.807, 2.05) is 0 Å². The van der Waals surface area contributed by atoms with Crippen LogP contribution in [0.2, 0.25) is 0 Å². The van der Waals surface area contributed by atoms with Gasteiger partial charge in [-0.25, -0.2) is 19.6 Å². The van der Waals surface area contributed by atoms with Crippen molar-refractivity contribution >= 4 is 22.6 Å². The van der Waals surface area contributed by atoms with Gasteiger partial charge in [0.2, 0.25) is 5.95 Å². The molecule has 0 bridgehead atoms. The van der Waals surface area contributed by atoms with E-state index in [1.165, 1.54) is 10.9 Å². The maximum atomic E-state index is 12.5. The largest absolute Gasteiger partial charge is 0.319 e. The van der Waals surface area contributed by atoms with Gasteiger partial charge in [-0.3, -0.25) is 9.48 Å². The molecular formula is C15H12N8O. The second-order valence-electron chi connectivity index (χ2n) is 5.04. The van der Waals surface area contributed by atoms with Crippen molar-refractivity contribution in [3.8, 4) is 5.95 Å². The fourth-order valence-electron chi connectivity index (χ4n) is 2.35. The Morgan fingerprint density at radius 2 is 1.92 bits per heavy atom. The zero-order chi connectivity index (χ0) is 16.5. The van der Waals surface area contributed by atoms with E-state index >= 15 is 0 Å². The highest BCUT2D eigenvalue weighted by Gasteiger charge is 2.14. The highest BCUT2D eigenvalue weighted by atomic mass is 16.1. The number of nitrogens with zero attached hydrogens (tertiary/aromatic N) is 7. The molecule has 1 N–H and O–H groups in total. The second-order valence-corrected chi connectivity index (χ2v) is 5.04. The summed E-state index contributed by atoms with van der Waals surface area (Å²) in [6.45, 7) is 0. The van der Waals surface area contributed by atoms with Crippen LogP contribution in [0.3, 0.4) is 0 Å². The van der Waals surface area contributed by atoms with Gasteiger partial charge in [-0.1, -0.05) is 0 Å². The van der Waals surface area contributed by atoms with Crippen molar-refractivity contribution < 1.29 is 4.79 Å². The molecule has 0 atom stereocenters. The lowest BCUT2D eigenvalue weighted by Gasteiger charge is -2.03. The zero-order valence-corrected chi connectivity index (χ0v) is 12.7. The van der Waals surface area contributed by atoms with Gasteiger partial charge >= 0.3 is 0 Å². The first-order chi connectivity index (χ1) is 11.7. The van der Waals surface area contributed by atoms with E-state index in [-0.39, 0.29) is 5.91 Å². The molecule has 0 saturated heterocycles. The van der Waals surface area contributed by atoms with Crippen LogP contribution in [-0.4, -0.2) is 40.4 Å². The fourth-order valence-corrected chi connectivity index (χ4v) is 2.35. The maximum absolute atomic E-state index is 12.5. The van der Waals surface area contributed by atoms with Crippen molar-refractivity contribution in [2.24, 2.45) is 7.05 Å². The Kier molecular flexibility index (Phi) is 3.23. The molecule has 0 saturated carbocycles. The summed E-state index contributed by atoms with van der Waals surface area (Å²) < 4.78 is 3.11.